The van der Waals surface area contributed by atoms with E-state index in [0.29, 0.717) is 22.3 Å². The Morgan fingerprint density at radius 1 is 1.00 bits per heavy atom. The lowest BCUT2D eigenvalue weighted by Crippen LogP contribution is -2.35. The molecule has 1 N–H and O–H groups in total. The van der Waals surface area contributed by atoms with Gasteiger partial charge in [-0.15, -0.1) is 0 Å². The summed E-state index contributed by atoms with van der Waals surface area (Å²) in [5, 5.41) is 22.3. The largest absolute Gasteiger partial charge is 0.618 e. The molecule has 0 saturated heterocycles. The minimum Gasteiger partial charge on any atom is -0.618 e. The van der Waals surface area contributed by atoms with E-state index in [1.54, 1.807) is 45.0 Å². The summed E-state index contributed by atoms with van der Waals surface area (Å²) in [6.07, 6.45) is -0.143. The lowest BCUT2D eigenvalue weighted by Gasteiger charge is -2.27. The maximum absolute atomic E-state index is 13.9. The van der Waals surface area contributed by atoms with E-state index in [-0.39, 0.29) is 22.1 Å². The van der Waals surface area contributed by atoms with Crippen LogP contribution in [0.2, 0.25) is 0 Å². The van der Waals surface area contributed by atoms with E-state index in [4.69, 9.17) is 9.47 Å². The number of aromatic hydroxyl groups is 1. The fraction of sp³-hybridized carbons (Fsp3) is 0.321. The zero-order valence-electron chi connectivity index (χ0n) is 21.2. The van der Waals surface area contributed by atoms with Gasteiger partial charge in [0.2, 0.25) is 11.5 Å². The molecule has 0 radical (unpaired) electrons. The maximum Gasteiger partial charge on any atom is 0.309 e. The summed E-state index contributed by atoms with van der Waals surface area (Å²) in [5.74, 6) is -4.39. The second-order valence-electron chi connectivity index (χ2n) is 9.07. The molecule has 0 fully saturated rings. The number of carbonyl (C=O) groups excluding carboxylic acids is 2. The molecule has 0 spiro atoms. The highest BCUT2D eigenvalue weighted by atomic mass is 19.1. The van der Waals surface area contributed by atoms with Crippen LogP contribution in [0.1, 0.15) is 58.9 Å². The van der Waals surface area contributed by atoms with Crippen molar-refractivity contribution in [3.05, 3.63) is 93.5 Å². The van der Waals surface area contributed by atoms with Crippen molar-refractivity contribution in [3.8, 4) is 11.5 Å². The summed E-state index contributed by atoms with van der Waals surface area (Å²) in [7, 11) is 1.28. The number of esters is 1. The first-order valence-electron chi connectivity index (χ1n) is 11.7. The lowest BCUT2D eigenvalue weighted by molar-refractivity contribution is -0.608. The normalized spacial score (nSPS) is 12.8. The van der Waals surface area contributed by atoms with Gasteiger partial charge in [-0.3, -0.25) is 9.59 Å². The summed E-state index contributed by atoms with van der Waals surface area (Å²) < 4.78 is 38.8. The van der Waals surface area contributed by atoms with Crippen molar-refractivity contribution in [2.75, 3.05) is 7.11 Å². The third-order valence-electron chi connectivity index (χ3n) is 6.27. The number of hydrogen-bond acceptors (Lipinski definition) is 6. The number of halogens is 2. The molecule has 37 heavy (non-hydrogen) atoms. The van der Waals surface area contributed by atoms with Gasteiger partial charge in [-0.05, 0) is 55.2 Å². The molecule has 3 aromatic rings. The van der Waals surface area contributed by atoms with Crippen molar-refractivity contribution in [2.45, 2.75) is 46.1 Å². The van der Waals surface area contributed by atoms with Gasteiger partial charge < -0.3 is 19.8 Å². The predicted molar refractivity (Wildman–Crippen MR) is 131 cm³/mol. The molecule has 9 heteroatoms. The predicted octanol–water partition coefficient (Wildman–Crippen LogP) is 4.90. The number of aryl methyl sites for hydroxylation is 2. The first-order valence-corrected chi connectivity index (χ1v) is 11.7. The Morgan fingerprint density at radius 3 is 2.03 bits per heavy atom. The number of ether oxygens (including phenoxy) is 2. The Labute approximate surface area is 213 Å². The Balaban J connectivity index is 1.84. The zero-order valence-corrected chi connectivity index (χ0v) is 21.2. The van der Waals surface area contributed by atoms with E-state index in [0.717, 1.165) is 6.20 Å². The van der Waals surface area contributed by atoms with Crippen molar-refractivity contribution in [3.63, 3.8) is 0 Å². The van der Waals surface area contributed by atoms with Gasteiger partial charge in [0.25, 0.3) is 0 Å². The summed E-state index contributed by atoms with van der Waals surface area (Å²) >= 11 is 0. The fourth-order valence-corrected chi connectivity index (χ4v) is 4.21. The highest BCUT2D eigenvalue weighted by Crippen LogP contribution is 2.33. The number of Topliss-reactive ketones (excluding diaryl/α,β-unsaturated/α-hetero) is 1. The minimum atomic E-state index is -0.953. The van der Waals surface area contributed by atoms with Gasteiger partial charge in [0, 0.05) is 18.4 Å². The van der Waals surface area contributed by atoms with Crippen LogP contribution in [0, 0.1) is 36.6 Å². The van der Waals surface area contributed by atoms with Crippen molar-refractivity contribution in [1.82, 2.24) is 0 Å². The summed E-state index contributed by atoms with van der Waals surface area (Å²) in [5.41, 5.74) is 1.62. The molecular weight excluding hydrogens is 484 g/mol. The molecule has 0 amide bonds. The molecule has 0 aliphatic rings. The Hall–Kier alpha value is -4.01. The zero-order chi connectivity index (χ0) is 27.4. The van der Waals surface area contributed by atoms with Crippen LogP contribution in [0.25, 0.3) is 0 Å². The molecule has 0 saturated carbocycles. The molecule has 0 unspecified atom stereocenters. The van der Waals surface area contributed by atoms with E-state index >= 15 is 0 Å². The summed E-state index contributed by atoms with van der Waals surface area (Å²) in [6.45, 7) is 6.37. The number of ketones is 1. The number of nitrogens with zero attached hydrogens (tertiary/aromatic N) is 1. The first-order chi connectivity index (χ1) is 17.4. The van der Waals surface area contributed by atoms with Gasteiger partial charge >= 0.3 is 11.7 Å². The van der Waals surface area contributed by atoms with Gasteiger partial charge in [0.15, 0.2) is 11.9 Å². The van der Waals surface area contributed by atoms with E-state index in [1.165, 1.54) is 32.2 Å². The Kier molecular flexibility index (Phi) is 8.47. The molecular formula is C28H29F2NO6. The second kappa shape index (κ2) is 11.4. The van der Waals surface area contributed by atoms with Crippen LogP contribution in [0.5, 0.6) is 11.5 Å². The molecule has 7 nitrogen and oxygen atoms in total. The van der Waals surface area contributed by atoms with Crippen LogP contribution in [-0.4, -0.2) is 30.1 Å². The number of methoxy groups -OCH3 is 1. The number of aromatic nitrogens is 1. The quantitative estimate of drug-likeness (QED) is 0.189. The number of hydrogen-bond donors (Lipinski definition) is 1. The van der Waals surface area contributed by atoms with Crippen molar-refractivity contribution in [2.24, 2.45) is 5.92 Å². The lowest BCUT2D eigenvalue weighted by atomic mass is 9.85. The summed E-state index contributed by atoms with van der Waals surface area (Å²) in [4.78, 5) is 25.7. The van der Waals surface area contributed by atoms with Crippen molar-refractivity contribution >= 4 is 11.8 Å². The third-order valence-corrected chi connectivity index (χ3v) is 6.27. The van der Waals surface area contributed by atoms with E-state index in [9.17, 15) is 28.7 Å². The summed E-state index contributed by atoms with van der Waals surface area (Å²) in [6, 6.07) is 10.3. The van der Waals surface area contributed by atoms with Crippen LogP contribution >= 0.6 is 0 Å². The highest BCUT2D eigenvalue weighted by molar-refractivity contribution is 5.98. The minimum absolute atomic E-state index is 0.0497. The fourth-order valence-electron chi connectivity index (χ4n) is 4.21. The smallest absolute Gasteiger partial charge is 0.309 e. The number of rotatable bonds is 9. The van der Waals surface area contributed by atoms with Gasteiger partial charge in [0.05, 0.1) is 13.0 Å². The molecule has 1 aromatic heterocycles. The topological polar surface area (TPSA) is 99.8 Å². The van der Waals surface area contributed by atoms with Crippen LogP contribution in [0.15, 0.2) is 48.7 Å². The van der Waals surface area contributed by atoms with Crippen LogP contribution in [0.4, 0.5) is 8.78 Å². The average Bonchev–Trinajstić information content (AvgIpc) is 2.83. The van der Waals surface area contributed by atoms with E-state index in [2.05, 4.69) is 0 Å². The molecule has 196 valence electrons. The second-order valence-corrected chi connectivity index (χ2v) is 9.07. The van der Waals surface area contributed by atoms with Crippen LogP contribution in [0.3, 0.4) is 0 Å². The monoisotopic (exact) mass is 513 g/mol. The van der Waals surface area contributed by atoms with Crippen LogP contribution < -0.4 is 9.47 Å². The van der Waals surface area contributed by atoms with Crippen LogP contribution in [-0.2, 0) is 9.53 Å². The van der Waals surface area contributed by atoms with E-state index < -0.39 is 47.6 Å². The number of carbonyl (C=O) groups is 2. The maximum atomic E-state index is 13.9. The number of pyridine rings is 1. The van der Waals surface area contributed by atoms with Crippen molar-refractivity contribution in [1.29, 1.82) is 0 Å². The van der Waals surface area contributed by atoms with Gasteiger partial charge in [0.1, 0.15) is 17.7 Å². The Bertz CT molecular complexity index is 1270. The molecule has 2 aromatic carbocycles. The third kappa shape index (κ3) is 6.04. The van der Waals surface area contributed by atoms with E-state index in [1.807, 2.05) is 0 Å². The molecule has 1 heterocycles. The van der Waals surface area contributed by atoms with Crippen molar-refractivity contribution < 1.29 is 37.7 Å². The molecule has 0 aliphatic heterocycles. The molecule has 0 bridgehead atoms. The van der Waals surface area contributed by atoms with Gasteiger partial charge in [-0.1, -0.05) is 31.2 Å². The average molecular weight is 514 g/mol. The standard InChI is InChI=1S/C28H29F2NO6/c1-15-12-19(6-8-21(15)29)25(20-7-9-22(30)16(2)13-20)18(4)37-28(34)17(3)14-23(32)26-27(33)24(36-5)10-11-31(26)35/h6-13,17-18,25,33H,14H2,1-5H3/t17-,18+/m1/s1. The van der Waals surface area contributed by atoms with Gasteiger partial charge in [-0.2, -0.15) is 4.73 Å². The molecule has 0 aliphatic carbocycles. The Morgan fingerprint density at radius 2 is 1.54 bits per heavy atom. The SMILES string of the molecule is COc1cc[n+]([O-])c(C(=O)C[C@@H](C)C(=O)O[C@@H](C)C(c2ccc(F)c(C)c2)c2ccc(F)c(C)c2)c1O. The van der Waals surface area contributed by atoms with Gasteiger partial charge in [-0.25, -0.2) is 8.78 Å². The number of benzene rings is 2. The first kappa shape index (κ1) is 27.6. The molecule has 2 atom stereocenters. The molecule has 3 rings (SSSR count). The highest BCUT2D eigenvalue weighted by Gasteiger charge is 2.32.